The van der Waals surface area contributed by atoms with Crippen molar-refractivity contribution in [1.82, 2.24) is 19.1 Å². The van der Waals surface area contributed by atoms with Crippen molar-refractivity contribution in [1.29, 1.82) is 0 Å². The summed E-state index contributed by atoms with van der Waals surface area (Å²) in [7, 11) is 0. The van der Waals surface area contributed by atoms with Gasteiger partial charge in [0.25, 0.3) is 5.56 Å². The van der Waals surface area contributed by atoms with Crippen molar-refractivity contribution in [2.75, 3.05) is 5.73 Å². The van der Waals surface area contributed by atoms with Crippen LogP contribution in [0.25, 0.3) is 28.0 Å². The van der Waals surface area contributed by atoms with Gasteiger partial charge in [-0.05, 0) is 18.2 Å². The summed E-state index contributed by atoms with van der Waals surface area (Å²) in [4.78, 5) is 42.7. The van der Waals surface area contributed by atoms with E-state index < -0.39 is 17.2 Å². The lowest BCUT2D eigenvalue weighted by molar-refractivity contribution is -0.137. The fraction of sp³-hybridized carbons (Fsp3) is 0.111. The molecule has 0 fully saturated rings. The van der Waals surface area contributed by atoms with E-state index in [9.17, 15) is 14.4 Å². The van der Waals surface area contributed by atoms with Gasteiger partial charge in [0, 0.05) is 23.2 Å². The lowest BCUT2D eigenvalue weighted by atomic mass is 10.1. The second-order valence-electron chi connectivity index (χ2n) is 6.21. The third-order valence-electron chi connectivity index (χ3n) is 4.38. The standard InChI is InChI=1S/C18H14ClN5O4S.ClH/c19-13-7-11-15(16(27)23(18(28)22-11)6-5-14(25)26)24(13)10-3-1-9(2-4-10)12-8-29-17(20)21-12;/h1-4,7-8H,5-6H2,(H2,20,21)(H,22,28)(H,25,26);1H. The lowest BCUT2D eigenvalue weighted by Gasteiger charge is -2.09. The molecular weight excluding hydrogens is 453 g/mol. The number of nitrogen functional groups attached to an aromatic ring is 1. The number of carboxylic acid groups (broad SMARTS) is 1. The number of anilines is 1. The van der Waals surface area contributed by atoms with Crippen LogP contribution < -0.4 is 17.0 Å². The lowest BCUT2D eigenvalue weighted by Crippen LogP contribution is -2.36. The normalized spacial score (nSPS) is 10.8. The van der Waals surface area contributed by atoms with Gasteiger partial charge in [0.05, 0.1) is 17.6 Å². The fourth-order valence-electron chi connectivity index (χ4n) is 3.05. The Morgan fingerprint density at radius 2 is 1.97 bits per heavy atom. The van der Waals surface area contributed by atoms with Crippen LogP contribution in [0.5, 0.6) is 0 Å². The minimum atomic E-state index is -1.11. The summed E-state index contributed by atoms with van der Waals surface area (Å²) < 4.78 is 2.36. The molecule has 0 aliphatic rings. The maximum absolute atomic E-state index is 12.9. The molecular formula is C18H15Cl2N5O4S. The van der Waals surface area contributed by atoms with Gasteiger partial charge in [0.15, 0.2) is 5.13 Å². The Morgan fingerprint density at radius 3 is 2.57 bits per heavy atom. The number of H-pyrrole nitrogens is 1. The quantitative estimate of drug-likeness (QED) is 0.412. The van der Waals surface area contributed by atoms with Gasteiger partial charge in [-0.15, -0.1) is 23.7 Å². The predicted molar refractivity (Wildman–Crippen MR) is 118 cm³/mol. The second-order valence-corrected chi connectivity index (χ2v) is 7.49. The van der Waals surface area contributed by atoms with Crippen LogP contribution in [0.15, 0.2) is 45.3 Å². The van der Waals surface area contributed by atoms with E-state index in [1.165, 1.54) is 22.0 Å². The largest absolute Gasteiger partial charge is 0.481 e. The van der Waals surface area contributed by atoms with Crippen LogP contribution in [0, 0.1) is 0 Å². The average molecular weight is 468 g/mol. The third kappa shape index (κ3) is 3.84. The molecule has 3 heterocycles. The summed E-state index contributed by atoms with van der Waals surface area (Å²) in [6.45, 7) is -0.244. The number of benzene rings is 1. The van der Waals surface area contributed by atoms with Crippen LogP contribution in [0.2, 0.25) is 5.15 Å². The first-order valence-electron chi connectivity index (χ1n) is 8.43. The van der Waals surface area contributed by atoms with E-state index in [1.807, 2.05) is 17.5 Å². The summed E-state index contributed by atoms with van der Waals surface area (Å²) in [5.41, 5.74) is 6.99. The van der Waals surface area contributed by atoms with Crippen LogP contribution in [-0.4, -0.2) is 30.2 Å². The second kappa shape index (κ2) is 8.34. The van der Waals surface area contributed by atoms with Crippen molar-refractivity contribution in [3.8, 4) is 16.9 Å². The molecule has 0 aliphatic carbocycles. The zero-order valence-electron chi connectivity index (χ0n) is 15.2. The Bertz CT molecular complexity index is 1350. The van der Waals surface area contributed by atoms with Gasteiger partial charge in [-0.3, -0.25) is 18.7 Å². The molecule has 0 saturated heterocycles. The minimum Gasteiger partial charge on any atom is -0.481 e. The maximum atomic E-state index is 12.9. The number of aromatic amines is 1. The molecule has 0 unspecified atom stereocenters. The number of carbonyl (C=O) groups is 1. The molecule has 0 bridgehead atoms. The topological polar surface area (TPSA) is 136 Å². The first-order chi connectivity index (χ1) is 13.8. The molecule has 30 heavy (non-hydrogen) atoms. The van der Waals surface area contributed by atoms with Gasteiger partial charge in [-0.2, -0.15) is 0 Å². The van der Waals surface area contributed by atoms with Crippen molar-refractivity contribution in [3.63, 3.8) is 0 Å². The molecule has 0 saturated carbocycles. The van der Waals surface area contributed by atoms with Crippen LogP contribution >= 0.6 is 35.3 Å². The molecule has 0 aliphatic heterocycles. The summed E-state index contributed by atoms with van der Waals surface area (Å²) >= 11 is 7.68. The zero-order valence-corrected chi connectivity index (χ0v) is 17.6. The summed E-state index contributed by atoms with van der Waals surface area (Å²) in [6.07, 6.45) is -0.353. The number of nitrogens with two attached hydrogens (primary N) is 1. The molecule has 4 N–H and O–H groups in total. The summed E-state index contributed by atoms with van der Waals surface area (Å²) in [5.74, 6) is -1.11. The first-order valence-corrected chi connectivity index (χ1v) is 9.68. The van der Waals surface area contributed by atoms with Crippen LogP contribution in [0.4, 0.5) is 5.13 Å². The van der Waals surface area contributed by atoms with Gasteiger partial charge >= 0.3 is 11.7 Å². The molecule has 3 aromatic heterocycles. The number of aromatic nitrogens is 4. The molecule has 0 atom stereocenters. The Hall–Kier alpha value is -3.08. The Morgan fingerprint density at radius 1 is 1.27 bits per heavy atom. The number of aliphatic carboxylic acids is 1. The minimum absolute atomic E-state index is 0. The average Bonchev–Trinajstić information content (AvgIpc) is 3.24. The Balaban J connectivity index is 0.00000256. The number of rotatable bonds is 5. The van der Waals surface area contributed by atoms with Crippen LogP contribution in [0.3, 0.4) is 0 Å². The zero-order chi connectivity index (χ0) is 20.7. The van der Waals surface area contributed by atoms with E-state index in [0.717, 1.165) is 15.8 Å². The number of fused-ring (bicyclic) bond motifs is 1. The maximum Gasteiger partial charge on any atom is 0.328 e. The van der Waals surface area contributed by atoms with Gasteiger partial charge in [0.1, 0.15) is 10.7 Å². The van der Waals surface area contributed by atoms with E-state index in [4.69, 9.17) is 22.4 Å². The number of thiazole rings is 1. The van der Waals surface area contributed by atoms with E-state index in [0.29, 0.717) is 10.8 Å². The van der Waals surface area contributed by atoms with E-state index >= 15 is 0 Å². The predicted octanol–water partition coefficient (Wildman–Crippen LogP) is 2.74. The first kappa shape index (κ1) is 21.6. The highest BCUT2D eigenvalue weighted by atomic mass is 35.5. The highest BCUT2D eigenvalue weighted by Gasteiger charge is 2.17. The highest BCUT2D eigenvalue weighted by Crippen LogP contribution is 2.27. The molecule has 12 heteroatoms. The van der Waals surface area contributed by atoms with Gasteiger partial charge in [-0.1, -0.05) is 23.7 Å². The van der Waals surface area contributed by atoms with E-state index in [1.54, 1.807) is 12.1 Å². The summed E-state index contributed by atoms with van der Waals surface area (Å²) in [6, 6.07) is 8.65. The molecule has 4 rings (SSSR count). The van der Waals surface area contributed by atoms with Gasteiger partial charge < -0.3 is 15.8 Å². The SMILES string of the molecule is Cl.Nc1nc(-c2ccc(-n3c(Cl)cc4[nH]c(=O)n(CCC(=O)O)c(=O)c43)cc2)cs1. The highest BCUT2D eigenvalue weighted by molar-refractivity contribution is 7.13. The van der Waals surface area contributed by atoms with E-state index in [-0.39, 0.29) is 41.6 Å². The Labute approximate surface area is 183 Å². The molecule has 156 valence electrons. The van der Waals surface area contributed by atoms with Crippen LogP contribution in [0.1, 0.15) is 6.42 Å². The monoisotopic (exact) mass is 467 g/mol. The van der Waals surface area contributed by atoms with Crippen molar-refractivity contribution < 1.29 is 9.90 Å². The molecule has 4 aromatic rings. The van der Waals surface area contributed by atoms with Crippen molar-refractivity contribution in [3.05, 3.63) is 61.7 Å². The number of carboxylic acids is 1. The number of hydrogen-bond acceptors (Lipinski definition) is 6. The third-order valence-corrected chi connectivity index (χ3v) is 5.33. The van der Waals surface area contributed by atoms with Gasteiger partial charge in [0.2, 0.25) is 0 Å². The molecule has 0 radical (unpaired) electrons. The van der Waals surface area contributed by atoms with Crippen LogP contribution in [-0.2, 0) is 11.3 Å². The molecule has 9 nitrogen and oxygen atoms in total. The van der Waals surface area contributed by atoms with E-state index in [2.05, 4.69) is 9.97 Å². The number of hydrogen-bond donors (Lipinski definition) is 3. The van der Waals surface area contributed by atoms with Crippen molar-refractivity contribution in [2.45, 2.75) is 13.0 Å². The molecule has 0 amide bonds. The van der Waals surface area contributed by atoms with Crippen molar-refractivity contribution in [2.24, 2.45) is 0 Å². The Kier molecular flexibility index (Phi) is 6.01. The van der Waals surface area contributed by atoms with Gasteiger partial charge in [-0.25, -0.2) is 9.78 Å². The smallest absolute Gasteiger partial charge is 0.328 e. The molecule has 1 aromatic carbocycles. The molecule has 0 spiro atoms. The number of nitrogens with one attached hydrogen (secondary N) is 1. The van der Waals surface area contributed by atoms with Crippen molar-refractivity contribution >= 4 is 57.5 Å². The fourth-order valence-corrected chi connectivity index (χ4v) is 3.92. The number of halogens is 2. The summed E-state index contributed by atoms with van der Waals surface area (Å²) in [5, 5.41) is 11.4. The number of nitrogens with zero attached hydrogens (tertiary/aromatic N) is 3.